The maximum absolute atomic E-state index is 11.6. The van der Waals surface area contributed by atoms with Crippen LogP contribution in [0.4, 0.5) is 0 Å². The van der Waals surface area contributed by atoms with Crippen molar-refractivity contribution in [1.29, 1.82) is 0 Å². The van der Waals surface area contributed by atoms with Crippen molar-refractivity contribution in [3.05, 3.63) is 47.7 Å². The van der Waals surface area contributed by atoms with Gasteiger partial charge < -0.3 is 4.74 Å². The van der Waals surface area contributed by atoms with E-state index in [2.05, 4.69) is 0 Å². The van der Waals surface area contributed by atoms with Gasteiger partial charge in [0.05, 0.1) is 0 Å². The Balaban J connectivity index is 2.75. The van der Waals surface area contributed by atoms with E-state index in [1.54, 1.807) is 31.2 Å². The summed E-state index contributed by atoms with van der Waals surface area (Å²) in [6, 6.07) is 8.81. The second-order valence-electron chi connectivity index (χ2n) is 3.08. The summed E-state index contributed by atoms with van der Waals surface area (Å²) in [5, 5.41) is 0. The Labute approximate surface area is 88.4 Å². The van der Waals surface area contributed by atoms with Crippen molar-refractivity contribution in [3.63, 3.8) is 0 Å². The predicted octanol–water partition coefficient (Wildman–Crippen LogP) is 2.34. The predicted molar refractivity (Wildman–Crippen MR) is 56.3 cm³/mol. The van der Waals surface area contributed by atoms with Crippen LogP contribution in [0.3, 0.4) is 0 Å². The highest BCUT2D eigenvalue weighted by atomic mass is 16.5. The summed E-state index contributed by atoms with van der Waals surface area (Å²) in [7, 11) is 0. The normalized spacial score (nSPS) is 10.9. The van der Waals surface area contributed by atoms with Crippen molar-refractivity contribution in [2.75, 3.05) is 0 Å². The largest absolute Gasteiger partial charge is 0.431 e. The lowest BCUT2D eigenvalue weighted by molar-refractivity contribution is -0.136. The molecule has 0 N–H and O–H groups in total. The Bertz CT molecular complexity index is 391. The van der Waals surface area contributed by atoms with E-state index in [9.17, 15) is 9.59 Å². The van der Waals surface area contributed by atoms with Crippen molar-refractivity contribution in [2.45, 2.75) is 13.8 Å². The average Bonchev–Trinajstić information content (AvgIpc) is 2.17. The molecule has 0 bridgehead atoms. The maximum Gasteiger partial charge on any atom is 0.307 e. The minimum Gasteiger partial charge on any atom is -0.431 e. The van der Waals surface area contributed by atoms with Gasteiger partial charge in [0.25, 0.3) is 0 Å². The molecule has 15 heavy (non-hydrogen) atoms. The summed E-state index contributed by atoms with van der Waals surface area (Å²) in [5.41, 5.74) is 0.573. The Hall–Kier alpha value is -1.90. The Kier molecular flexibility index (Phi) is 3.80. The van der Waals surface area contributed by atoms with Crippen molar-refractivity contribution in [2.24, 2.45) is 0 Å². The number of allylic oxidation sites excluding steroid dienone is 2. The summed E-state index contributed by atoms with van der Waals surface area (Å²) >= 11 is 0. The Morgan fingerprint density at radius 1 is 1.13 bits per heavy atom. The molecule has 0 fully saturated rings. The molecule has 1 rings (SSSR count). The standard InChI is InChI=1S/C12H12O3/c1-9(15-10(2)13)8-12(14)11-6-4-3-5-7-11/h3-8H,1-2H3/b9-8+. The van der Waals surface area contributed by atoms with Gasteiger partial charge in [-0.25, -0.2) is 0 Å². The third-order valence-electron chi connectivity index (χ3n) is 1.70. The summed E-state index contributed by atoms with van der Waals surface area (Å²) < 4.78 is 4.74. The lowest BCUT2D eigenvalue weighted by Crippen LogP contribution is -2.00. The van der Waals surface area contributed by atoms with E-state index in [1.165, 1.54) is 13.0 Å². The second kappa shape index (κ2) is 5.10. The highest BCUT2D eigenvalue weighted by Gasteiger charge is 2.03. The van der Waals surface area contributed by atoms with Crippen molar-refractivity contribution < 1.29 is 14.3 Å². The fourth-order valence-electron chi connectivity index (χ4n) is 1.13. The highest BCUT2D eigenvalue weighted by molar-refractivity contribution is 6.04. The van der Waals surface area contributed by atoms with Crippen LogP contribution >= 0.6 is 0 Å². The van der Waals surface area contributed by atoms with Crippen LogP contribution in [0, 0.1) is 0 Å². The number of hydrogen-bond acceptors (Lipinski definition) is 3. The number of carbonyl (C=O) groups is 2. The summed E-state index contributed by atoms with van der Waals surface area (Å²) in [5.74, 6) is -0.296. The van der Waals surface area contributed by atoms with E-state index in [0.717, 1.165) is 0 Å². The van der Waals surface area contributed by atoms with Gasteiger partial charge in [-0.2, -0.15) is 0 Å². The summed E-state index contributed by atoms with van der Waals surface area (Å²) in [6.07, 6.45) is 1.30. The first-order chi connectivity index (χ1) is 7.09. The fraction of sp³-hybridized carbons (Fsp3) is 0.167. The molecule has 1 aromatic rings. The molecule has 0 radical (unpaired) electrons. The monoisotopic (exact) mass is 204 g/mol. The number of rotatable bonds is 3. The van der Waals surface area contributed by atoms with Gasteiger partial charge in [0.15, 0.2) is 5.78 Å². The van der Waals surface area contributed by atoms with Crippen LogP contribution in [0.5, 0.6) is 0 Å². The molecule has 0 spiro atoms. The molecule has 0 saturated heterocycles. The van der Waals surface area contributed by atoms with Gasteiger partial charge >= 0.3 is 5.97 Å². The van der Waals surface area contributed by atoms with Gasteiger partial charge in [0, 0.05) is 18.6 Å². The molecule has 0 aliphatic carbocycles. The number of ketones is 1. The van der Waals surface area contributed by atoms with E-state index in [0.29, 0.717) is 11.3 Å². The smallest absolute Gasteiger partial charge is 0.307 e. The third-order valence-corrected chi connectivity index (χ3v) is 1.70. The Morgan fingerprint density at radius 2 is 1.73 bits per heavy atom. The number of carbonyl (C=O) groups excluding carboxylic acids is 2. The van der Waals surface area contributed by atoms with E-state index in [1.807, 2.05) is 6.07 Å². The van der Waals surface area contributed by atoms with Gasteiger partial charge in [-0.15, -0.1) is 0 Å². The first kappa shape index (κ1) is 11.2. The molecule has 0 atom stereocenters. The third kappa shape index (κ3) is 3.77. The minimum atomic E-state index is -0.426. The maximum atomic E-state index is 11.6. The number of ether oxygens (including phenoxy) is 1. The number of hydrogen-bond donors (Lipinski definition) is 0. The van der Waals surface area contributed by atoms with E-state index in [4.69, 9.17) is 4.74 Å². The molecule has 0 aliphatic heterocycles. The first-order valence-electron chi connectivity index (χ1n) is 4.55. The van der Waals surface area contributed by atoms with E-state index in [-0.39, 0.29) is 5.78 Å². The molecule has 78 valence electrons. The molecular formula is C12H12O3. The molecule has 0 amide bonds. The first-order valence-corrected chi connectivity index (χ1v) is 4.55. The van der Waals surface area contributed by atoms with Crippen LogP contribution in [-0.2, 0) is 9.53 Å². The Morgan fingerprint density at radius 3 is 2.27 bits per heavy atom. The average molecular weight is 204 g/mol. The van der Waals surface area contributed by atoms with Gasteiger partial charge in [0.2, 0.25) is 0 Å². The molecule has 3 nitrogen and oxygen atoms in total. The molecule has 0 saturated carbocycles. The second-order valence-corrected chi connectivity index (χ2v) is 3.08. The molecule has 0 aromatic heterocycles. The van der Waals surface area contributed by atoms with Crippen LogP contribution in [0.1, 0.15) is 24.2 Å². The van der Waals surface area contributed by atoms with Crippen LogP contribution in [0.15, 0.2) is 42.2 Å². The zero-order valence-corrected chi connectivity index (χ0v) is 8.69. The summed E-state index contributed by atoms with van der Waals surface area (Å²) in [4.78, 5) is 22.2. The van der Waals surface area contributed by atoms with Crippen molar-refractivity contribution >= 4 is 11.8 Å². The van der Waals surface area contributed by atoms with Crippen LogP contribution in [0.25, 0.3) is 0 Å². The molecule has 3 heteroatoms. The molecular weight excluding hydrogens is 192 g/mol. The van der Waals surface area contributed by atoms with Crippen molar-refractivity contribution in [3.8, 4) is 0 Å². The SMILES string of the molecule is CC(=O)O/C(C)=C/C(=O)c1ccccc1. The van der Waals surface area contributed by atoms with Gasteiger partial charge in [-0.3, -0.25) is 9.59 Å². The zero-order chi connectivity index (χ0) is 11.3. The van der Waals surface area contributed by atoms with E-state index >= 15 is 0 Å². The van der Waals surface area contributed by atoms with Crippen molar-refractivity contribution in [1.82, 2.24) is 0 Å². The minimum absolute atomic E-state index is 0.172. The fourth-order valence-corrected chi connectivity index (χ4v) is 1.13. The lowest BCUT2D eigenvalue weighted by atomic mass is 10.1. The van der Waals surface area contributed by atoms with Gasteiger partial charge in [0.1, 0.15) is 5.76 Å². The van der Waals surface area contributed by atoms with Crippen LogP contribution in [0.2, 0.25) is 0 Å². The molecule has 0 heterocycles. The lowest BCUT2D eigenvalue weighted by Gasteiger charge is -2.00. The molecule has 0 aliphatic rings. The topological polar surface area (TPSA) is 43.4 Å². The zero-order valence-electron chi connectivity index (χ0n) is 8.69. The molecule has 0 unspecified atom stereocenters. The van der Waals surface area contributed by atoms with Gasteiger partial charge in [-0.05, 0) is 6.92 Å². The molecule has 1 aromatic carbocycles. The number of benzene rings is 1. The number of esters is 1. The van der Waals surface area contributed by atoms with Crippen LogP contribution < -0.4 is 0 Å². The van der Waals surface area contributed by atoms with E-state index < -0.39 is 5.97 Å². The van der Waals surface area contributed by atoms with Gasteiger partial charge in [-0.1, -0.05) is 30.3 Å². The highest BCUT2D eigenvalue weighted by Crippen LogP contribution is 2.04. The van der Waals surface area contributed by atoms with Crippen LogP contribution in [-0.4, -0.2) is 11.8 Å². The summed E-state index contributed by atoms with van der Waals surface area (Å²) in [6.45, 7) is 2.87. The quantitative estimate of drug-likeness (QED) is 0.328.